The molecule has 0 N–H and O–H groups in total. The quantitative estimate of drug-likeness (QED) is 0.329. The Bertz CT molecular complexity index is 57.8. The Morgan fingerprint density at radius 2 is 1.14 bits per heavy atom. The maximum Gasteiger partial charge on any atom is 1.00 e. The molecular weight excluding hydrogens is 302 g/mol. The van der Waals surface area contributed by atoms with Gasteiger partial charge in [0.2, 0.25) is 0 Å². The molecule has 4 nitrogen and oxygen atoms in total. The van der Waals surface area contributed by atoms with Crippen molar-refractivity contribution in [3.05, 3.63) is 0 Å². The van der Waals surface area contributed by atoms with E-state index in [9.17, 15) is 0 Å². The van der Waals surface area contributed by atoms with Crippen LogP contribution in [0.3, 0.4) is 0 Å². The van der Waals surface area contributed by atoms with E-state index >= 15 is 0 Å². The summed E-state index contributed by atoms with van der Waals surface area (Å²) in [5, 5.41) is 0. The molecular formula is NaO4PW-2. The molecule has 0 aromatic rings. The van der Waals surface area contributed by atoms with Crippen molar-refractivity contribution in [2.24, 2.45) is 0 Å². The summed E-state index contributed by atoms with van der Waals surface area (Å²) in [4.78, 5) is 25.6. The van der Waals surface area contributed by atoms with E-state index in [-0.39, 0.29) is 50.6 Å². The molecule has 0 aromatic heterocycles. The fourth-order valence-electron chi connectivity index (χ4n) is 0. The van der Waals surface area contributed by atoms with Crippen LogP contribution in [0.25, 0.3) is 0 Å². The molecule has 7 heteroatoms. The summed E-state index contributed by atoms with van der Waals surface area (Å²) in [6.45, 7) is 0. The van der Waals surface area contributed by atoms with E-state index in [0.717, 1.165) is 0 Å². The number of hydrogen-bond acceptors (Lipinski definition) is 4. The van der Waals surface area contributed by atoms with E-state index in [0.29, 0.717) is 0 Å². The molecule has 0 spiro atoms. The van der Waals surface area contributed by atoms with Crippen LogP contribution < -0.4 is 44.2 Å². The molecule has 7 heavy (non-hydrogen) atoms. The first-order valence-electron chi connectivity index (χ1n) is 0.730. The smallest absolute Gasteiger partial charge is 0.822 e. The van der Waals surface area contributed by atoms with Crippen LogP contribution in [0.2, 0.25) is 0 Å². The van der Waals surface area contributed by atoms with Crippen LogP contribution in [0.4, 0.5) is 0 Å². The van der Waals surface area contributed by atoms with E-state index < -0.39 is 7.82 Å². The van der Waals surface area contributed by atoms with Gasteiger partial charge in [-0.25, -0.2) is 0 Å². The van der Waals surface area contributed by atoms with E-state index in [2.05, 4.69) is 0 Å². The molecule has 0 aliphatic rings. The van der Waals surface area contributed by atoms with Gasteiger partial charge in [-0.05, 0) is 0 Å². The average Bonchev–Trinajstić information content (AvgIpc) is 0.722. The second kappa shape index (κ2) is 5.93. The van der Waals surface area contributed by atoms with Crippen LogP contribution in [0, 0.1) is 0 Å². The van der Waals surface area contributed by atoms with Gasteiger partial charge < -0.3 is 19.2 Å². The Kier molecular flexibility index (Phi) is 13.5. The predicted molar refractivity (Wildman–Crippen MR) is 7.61 cm³/mol. The van der Waals surface area contributed by atoms with Crippen molar-refractivity contribution in [1.82, 2.24) is 0 Å². The third-order valence-corrected chi connectivity index (χ3v) is 0. The number of rotatable bonds is 0. The van der Waals surface area contributed by atoms with E-state index in [1.165, 1.54) is 0 Å². The van der Waals surface area contributed by atoms with Crippen LogP contribution in [-0.4, -0.2) is 0 Å². The second-order valence-corrected chi connectivity index (χ2v) is 1.34. The van der Waals surface area contributed by atoms with Gasteiger partial charge in [0, 0.05) is 21.1 Å². The molecule has 0 fully saturated rings. The monoisotopic (exact) mass is 302 g/mol. The average molecular weight is 302 g/mol. The fourth-order valence-corrected chi connectivity index (χ4v) is 0. The third kappa shape index (κ3) is 81.1. The Labute approximate surface area is 77.1 Å². The van der Waals surface area contributed by atoms with Gasteiger partial charge in [0.15, 0.2) is 0 Å². The Hall–Kier alpha value is 1.80. The van der Waals surface area contributed by atoms with Gasteiger partial charge in [-0.15, -0.1) is 0 Å². The van der Waals surface area contributed by atoms with Crippen molar-refractivity contribution in [3.63, 3.8) is 0 Å². The molecule has 0 radical (unpaired) electrons. The summed E-state index contributed by atoms with van der Waals surface area (Å²) in [7, 11) is -5.39. The van der Waals surface area contributed by atoms with Crippen molar-refractivity contribution in [1.29, 1.82) is 0 Å². The van der Waals surface area contributed by atoms with Gasteiger partial charge in [-0.2, -0.15) is 7.82 Å². The second-order valence-electron chi connectivity index (χ2n) is 0.447. The number of hydrogen-bond donors (Lipinski definition) is 0. The van der Waals surface area contributed by atoms with Gasteiger partial charge >= 0.3 is 29.6 Å². The summed E-state index contributed by atoms with van der Waals surface area (Å²) in [6.07, 6.45) is 0. The predicted octanol–water partition coefficient (Wildman–Crippen LogP) is -5.82. The molecule has 0 aliphatic heterocycles. The summed E-state index contributed by atoms with van der Waals surface area (Å²) >= 11 is 0. The minimum absolute atomic E-state index is 0. The van der Waals surface area contributed by atoms with Crippen LogP contribution in [-0.2, 0) is 25.6 Å². The third-order valence-electron chi connectivity index (χ3n) is 0. The largest absolute Gasteiger partial charge is 1.00 e. The van der Waals surface area contributed by atoms with Gasteiger partial charge in [0.1, 0.15) is 0 Å². The molecule has 0 saturated carbocycles. The minimum Gasteiger partial charge on any atom is -0.822 e. The molecule has 0 atom stereocenters. The van der Waals surface area contributed by atoms with E-state index in [1.807, 2.05) is 0 Å². The first-order valence-corrected chi connectivity index (χ1v) is 2.19. The summed E-state index contributed by atoms with van der Waals surface area (Å²) in [6, 6.07) is 0. The Morgan fingerprint density at radius 1 is 1.14 bits per heavy atom. The van der Waals surface area contributed by atoms with Gasteiger partial charge in [0.05, 0.1) is 0 Å². The van der Waals surface area contributed by atoms with Crippen molar-refractivity contribution >= 4 is 7.82 Å². The Balaban J connectivity index is -0.0000000800. The summed E-state index contributed by atoms with van der Waals surface area (Å²) < 4.78 is 8.55. The topological polar surface area (TPSA) is 86.2 Å². The van der Waals surface area contributed by atoms with Crippen LogP contribution in [0.1, 0.15) is 0 Å². The standard InChI is InChI=1S/Na.H3O4P.W/c;1-5(2,3)4;/h;(H3,1,2,3,4);/q+1;;/p-3. The maximum absolute atomic E-state index is 8.55. The molecule has 0 aliphatic carbocycles. The molecule has 0 aromatic carbocycles. The summed E-state index contributed by atoms with van der Waals surface area (Å²) in [5.41, 5.74) is 0. The first kappa shape index (κ1) is 15.9. The van der Waals surface area contributed by atoms with E-state index in [1.54, 1.807) is 0 Å². The summed E-state index contributed by atoms with van der Waals surface area (Å²) in [5.74, 6) is 0. The minimum atomic E-state index is -5.39. The van der Waals surface area contributed by atoms with Crippen molar-refractivity contribution in [2.75, 3.05) is 0 Å². The van der Waals surface area contributed by atoms with Gasteiger partial charge in [-0.3, -0.25) is 0 Å². The zero-order valence-electron chi connectivity index (χ0n) is 3.49. The maximum atomic E-state index is 8.55. The van der Waals surface area contributed by atoms with Crippen molar-refractivity contribution < 1.29 is 69.9 Å². The van der Waals surface area contributed by atoms with Gasteiger partial charge in [0.25, 0.3) is 0 Å². The zero-order chi connectivity index (χ0) is 4.50. The zero-order valence-corrected chi connectivity index (χ0v) is 9.32. The van der Waals surface area contributed by atoms with E-state index in [4.69, 9.17) is 19.2 Å². The first-order chi connectivity index (χ1) is 2.00. The molecule has 0 rings (SSSR count). The van der Waals surface area contributed by atoms with Crippen LogP contribution in [0.5, 0.6) is 0 Å². The fraction of sp³-hybridized carbons (Fsp3) is 0. The molecule has 0 bridgehead atoms. The molecule has 38 valence electrons. The molecule has 0 heterocycles. The van der Waals surface area contributed by atoms with Crippen molar-refractivity contribution in [3.8, 4) is 0 Å². The molecule has 0 unspecified atom stereocenters. The normalized spacial score (nSPS) is 8.43. The Morgan fingerprint density at radius 3 is 1.14 bits per heavy atom. The SMILES string of the molecule is O=P([O-])([O-])[O-].[Na+].[W]. The van der Waals surface area contributed by atoms with Crippen LogP contribution >= 0.6 is 7.82 Å². The molecule has 0 amide bonds. The van der Waals surface area contributed by atoms with Gasteiger partial charge in [-0.1, -0.05) is 0 Å². The van der Waals surface area contributed by atoms with Crippen molar-refractivity contribution in [2.45, 2.75) is 0 Å². The van der Waals surface area contributed by atoms with Crippen LogP contribution in [0.15, 0.2) is 0 Å². The molecule has 0 saturated heterocycles. The number of phosphoric acid groups is 1.